The molecule has 0 spiro atoms. The number of unbranched alkanes of at least 4 members (excludes halogenated alkanes) is 6. The molecular weight excluding hydrogens is 262 g/mol. The average Bonchev–Trinajstić information content (AvgIpc) is 2.49. The Morgan fingerprint density at radius 3 is 2.14 bits per heavy atom. The van der Waals surface area contributed by atoms with E-state index in [1.165, 1.54) is 44.9 Å². The molecule has 4 heteroatoms. The minimum atomic E-state index is -0.168. The molecule has 1 unspecified atom stereocenters. The van der Waals surface area contributed by atoms with Gasteiger partial charge in [0.05, 0.1) is 6.10 Å². The predicted octanol–water partition coefficient (Wildman–Crippen LogP) is 2.41. The van der Waals surface area contributed by atoms with Crippen LogP contribution < -0.4 is 16.4 Å². The standard InChI is InChI=1S/C17H39N3O/c1-2-3-4-5-6-7-11-17(21)16-20-14-9-8-13-19-15-10-12-18/h17,19-21H,2-16,18H2,1H3. The van der Waals surface area contributed by atoms with Crippen molar-refractivity contribution in [2.24, 2.45) is 5.73 Å². The van der Waals surface area contributed by atoms with Crippen molar-refractivity contribution in [3.8, 4) is 0 Å². The maximum atomic E-state index is 9.87. The Hall–Kier alpha value is -0.160. The summed E-state index contributed by atoms with van der Waals surface area (Å²) in [5, 5.41) is 16.6. The third-order valence-electron chi connectivity index (χ3n) is 3.79. The summed E-state index contributed by atoms with van der Waals surface area (Å²) in [5.74, 6) is 0. The van der Waals surface area contributed by atoms with Crippen LogP contribution in [0.1, 0.15) is 71.1 Å². The highest BCUT2D eigenvalue weighted by molar-refractivity contribution is 4.60. The number of aliphatic hydroxyl groups excluding tert-OH is 1. The van der Waals surface area contributed by atoms with E-state index in [0.717, 1.165) is 52.0 Å². The van der Waals surface area contributed by atoms with Crippen molar-refractivity contribution >= 4 is 0 Å². The fourth-order valence-electron chi connectivity index (χ4n) is 2.38. The van der Waals surface area contributed by atoms with E-state index < -0.39 is 0 Å². The van der Waals surface area contributed by atoms with Gasteiger partial charge < -0.3 is 21.5 Å². The Morgan fingerprint density at radius 1 is 0.810 bits per heavy atom. The topological polar surface area (TPSA) is 70.3 Å². The van der Waals surface area contributed by atoms with Crippen LogP contribution in [0.25, 0.3) is 0 Å². The molecule has 5 N–H and O–H groups in total. The zero-order valence-electron chi connectivity index (χ0n) is 14.2. The molecule has 0 heterocycles. The molecule has 0 saturated heterocycles. The summed E-state index contributed by atoms with van der Waals surface area (Å²) in [6.45, 7) is 6.86. The Kier molecular flexibility index (Phi) is 17.8. The first-order valence-corrected chi connectivity index (χ1v) is 9.10. The summed E-state index contributed by atoms with van der Waals surface area (Å²) >= 11 is 0. The van der Waals surface area contributed by atoms with Crippen LogP contribution in [0.15, 0.2) is 0 Å². The molecule has 21 heavy (non-hydrogen) atoms. The normalized spacial score (nSPS) is 12.7. The molecule has 128 valence electrons. The number of hydrogen-bond donors (Lipinski definition) is 4. The number of nitrogens with one attached hydrogen (secondary N) is 2. The van der Waals surface area contributed by atoms with Crippen molar-refractivity contribution in [3.05, 3.63) is 0 Å². The van der Waals surface area contributed by atoms with Crippen LogP contribution >= 0.6 is 0 Å². The van der Waals surface area contributed by atoms with E-state index in [2.05, 4.69) is 17.6 Å². The van der Waals surface area contributed by atoms with E-state index in [4.69, 9.17) is 5.73 Å². The molecule has 0 aliphatic heterocycles. The van der Waals surface area contributed by atoms with Crippen LogP contribution in [-0.4, -0.2) is 43.9 Å². The molecule has 0 aliphatic carbocycles. The van der Waals surface area contributed by atoms with Gasteiger partial charge in [0.25, 0.3) is 0 Å². The molecule has 0 rings (SSSR count). The van der Waals surface area contributed by atoms with Gasteiger partial charge in [0.15, 0.2) is 0 Å². The largest absolute Gasteiger partial charge is 0.392 e. The second-order valence-corrected chi connectivity index (χ2v) is 6.01. The summed E-state index contributed by atoms with van der Waals surface area (Å²) in [4.78, 5) is 0. The Bertz CT molecular complexity index is 191. The first-order valence-electron chi connectivity index (χ1n) is 9.10. The Balaban J connectivity index is 3.10. The second kappa shape index (κ2) is 17.9. The van der Waals surface area contributed by atoms with Gasteiger partial charge in [0.2, 0.25) is 0 Å². The maximum absolute atomic E-state index is 9.87. The van der Waals surface area contributed by atoms with Gasteiger partial charge in [-0.05, 0) is 51.9 Å². The lowest BCUT2D eigenvalue weighted by Crippen LogP contribution is -2.28. The quantitative estimate of drug-likeness (QED) is 0.311. The SMILES string of the molecule is CCCCCCCCC(O)CNCCCCNCCCN. The molecule has 1 atom stereocenters. The molecule has 0 aromatic rings. The van der Waals surface area contributed by atoms with Crippen molar-refractivity contribution < 1.29 is 5.11 Å². The number of aliphatic hydroxyl groups is 1. The number of hydrogen-bond acceptors (Lipinski definition) is 4. The zero-order valence-corrected chi connectivity index (χ0v) is 14.2. The summed E-state index contributed by atoms with van der Waals surface area (Å²) in [5.41, 5.74) is 5.43. The van der Waals surface area contributed by atoms with Crippen molar-refractivity contribution in [1.29, 1.82) is 0 Å². The van der Waals surface area contributed by atoms with Gasteiger partial charge in [-0.25, -0.2) is 0 Å². The van der Waals surface area contributed by atoms with Gasteiger partial charge in [-0.1, -0.05) is 45.4 Å². The first-order chi connectivity index (χ1) is 10.3. The van der Waals surface area contributed by atoms with Crippen LogP contribution in [0.2, 0.25) is 0 Å². The molecule has 0 radical (unpaired) electrons. The van der Waals surface area contributed by atoms with Gasteiger partial charge in [-0.15, -0.1) is 0 Å². The molecule has 0 aliphatic rings. The third kappa shape index (κ3) is 17.8. The molecule has 0 aromatic carbocycles. The lowest BCUT2D eigenvalue weighted by Gasteiger charge is -2.11. The van der Waals surface area contributed by atoms with Gasteiger partial charge in [0, 0.05) is 6.54 Å². The Morgan fingerprint density at radius 2 is 1.43 bits per heavy atom. The zero-order chi connectivity index (χ0) is 15.6. The van der Waals surface area contributed by atoms with E-state index in [1.807, 2.05) is 0 Å². The van der Waals surface area contributed by atoms with E-state index in [-0.39, 0.29) is 6.10 Å². The molecule has 4 nitrogen and oxygen atoms in total. The fourth-order valence-corrected chi connectivity index (χ4v) is 2.38. The molecular formula is C17H39N3O. The minimum absolute atomic E-state index is 0.168. The van der Waals surface area contributed by atoms with E-state index >= 15 is 0 Å². The van der Waals surface area contributed by atoms with Crippen molar-refractivity contribution in [3.63, 3.8) is 0 Å². The lowest BCUT2D eigenvalue weighted by molar-refractivity contribution is 0.158. The van der Waals surface area contributed by atoms with Crippen molar-refractivity contribution in [2.75, 3.05) is 32.7 Å². The van der Waals surface area contributed by atoms with Crippen molar-refractivity contribution in [1.82, 2.24) is 10.6 Å². The third-order valence-corrected chi connectivity index (χ3v) is 3.79. The van der Waals surface area contributed by atoms with E-state index in [1.54, 1.807) is 0 Å². The summed E-state index contributed by atoms with van der Waals surface area (Å²) in [6.07, 6.45) is 11.9. The fraction of sp³-hybridized carbons (Fsp3) is 1.00. The smallest absolute Gasteiger partial charge is 0.0664 e. The van der Waals surface area contributed by atoms with Crippen molar-refractivity contribution in [2.45, 2.75) is 77.2 Å². The molecule has 0 fully saturated rings. The summed E-state index contributed by atoms with van der Waals surface area (Å²) < 4.78 is 0. The summed E-state index contributed by atoms with van der Waals surface area (Å²) in [6, 6.07) is 0. The van der Waals surface area contributed by atoms with Crippen LogP contribution in [-0.2, 0) is 0 Å². The second-order valence-electron chi connectivity index (χ2n) is 6.01. The number of nitrogens with two attached hydrogens (primary N) is 1. The molecule has 0 amide bonds. The maximum Gasteiger partial charge on any atom is 0.0664 e. The summed E-state index contributed by atoms with van der Waals surface area (Å²) in [7, 11) is 0. The van der Waals surface area contributed by atoms with E-state index in [0.29, 0.717) is 0 Å². The van der Waals surface area contributed by atoms with Crippen LogP contribution in [0.3, 0.4) is 0 Å². The highest BCUT2D eigenvalue weighted by Gasteiger charge is 2.02. The highest BCUT2D eigenvalue weighted by atomic mass is 16.3. The van der Waals surface area contributed by atoms with Gasteiger partial charge in [0.1, 0.15) is 0 Å². The minimum Gasteiger partial charge on any atom is -0.392 e. The average molecular weight is 302 g/mol. The number of rotatable bonds is 17. The first kappa shape index (κ1) is 20.8. The van der Waals surface area contributed by atoms with Crippen LogP contribution in [0.4, 0.5) is 0 Å². The van der Waals surface area contributed by atoms with E-state index in [9.17, 15) is 5.11 Å². The molecule has 0 aromatic heterocycles. The molecule has 0 bridgehead atoms. The molecule has 0 saturated carbocycles. The van der Waals surface area contributed by atoms with Gasteiger partial charge in [-0.3, -0.25) is 0 Å². The van der Waals surface area contributed by atoms with Crippen LogP contribution in [0.5, 0.6) is 0 Å². The van der Waals surface area contributed by atoms with Gasteiger partial charge in [-0.2, -0.15) is 0 Å². The van der Waals surface area contributed by atoms with Gasteiger partial charge >= 0.3 is 0 Å². The lowest BCUT2D eigenvalue weighted by atomic mass is 10.1. The highest BCUT2D eigenvalue weighted by Crippen LogP contribution is 2.08. The van der Waals surface area contributed by atoms with Crippen LogP contribution in [0, 0.1) is 0 Å². The predicted molar refractivity (Wildman–Crippen MR) is 92.6 cm³/mol. The Labute approximate surface area is 132 Å². The monoisotopic (exact) mass is 301 g/mol.